The molecule has 1 atom stereocenters. The van der Waals surface area contributed by atoms with Crippen LogP contribution in [0, 0.1) is 0 Å². The number of morpholine rings is 1. The van der Waals surface area contributed by atoms with Gasteiger partial charge in [-0.3, -0.25) is 4.90 Å². The van der Waals surface area contributed by atoms with Crippen LogP contribution in [0.25, 0.3) is 0 Å². The highest BCUT2D eigenvalue weighted by Gasteiger charge is 2.14. The predicted molar refractivity (Wildman–Crippen MR) is 100 cm³/mol. The average molecular weight is 335 g/mol. The van der Waals surface area contributed by atoms with Crippen molar-refractivity contribution in [3.05, 3.63) is 46.2 Å². The fraction of sp³-hybridized carbons (Fsp3) is 0.579. The molecule has 1 aliphatic heterocycles. The van der Waals surface area contributed by atoms with Crippen molar-refractivity contribution in [1.29, 1.82) is 0 Å². The number of allylic oxidation sites excluding steroid dienone is 4. The fourth-order valence-electron chi connectivity index (χ4n) is 2.88. The molecular weight excluding hydrogens is 304 g/mol. The second-order valence-corrected chi connectivity index (χ2v) is 6.98. The summed E-state index contributed by atoms with van der Waals surface area (Å²) in [6.07, 6.45) is 7.64. The van der Waals surface area contributed by atoms with E-state index in [0.29, 0.717) is 5.92 Å². The van der Waals surface area contributed by atoms with E-state index >= 15 is 0 Å². The standard InChI is InChI=1S/C19H30N2OS/c1-3-4-6-17(2)18(19-7-5-16-23-19)8-9-20-10-11-21-12-14-22-15-13-21/h3-7,16,18,20H,8-15H2,1-2H3/b4-3-,17-6+. The van der Waals surface area contributed by atoms with Crippen molar-refractivity contribution in [2.24, 2.45) is 0 Å². The summed E-state index contributed by atoms with van der Waals surface area (Å²) in [5.74, 6) is 0.530. The minimum absolute atomic E-state index is 0.530. The Kier molecular flexibility index (Phi) is 8.61. The third kappa shape index (κ3) is 6.60. The Morgan fingerprint density at radius 2 is 2.22 bits per heavy atom. The highest BCUT2D eigenvalue weighted by Crippen LogP contribution is 2.30. The van der Waals surface area contributed by atoms with E-state index < -0.39 is 0 Å². The summed E-state index contributed by atoms with van der Waals surface area (Å²) in [5.41, 5.74) is 1.44. The van der Waals surface area contributed by atoms with Crippen LogP contribution < -0.4 is 5.32 Å². The largest absolute Gasteiger partial charge is 0.379 e. The molecule has 0 saturated carbocycles. The molecule has 1 aliphatic rings. The van der Waals surface area contributed by atoms with Gasteiger partial charge >= 0.3 is 0 Å². The number of rotatable bonds is 9. The summed E-state index contributed by atoms with van der Waals surface area (Å²) in [6, 6.07) is 4.41. The summed E-state index contributed by atoms with van der Waals surface area (Å²) in [6.45, 7) is 11.5. The first-order chi connectivity index (χ1) is 11.3. The fourth-order valence-corrected chi connectivity index (χ4v) is 3.82. The number of nitrogens with zero attached hydrogens (tertiary/aromatic N) is 1. The lowest BCUT2D eigenvalue weighted by atomic mass is 9.94. The van der Waals surface area contributed by atoms with E-state index in [0.717, 1.165) is 52.4 Å². The maximum atomic E-state index is 5.39. The highest BCUT2D eigenvalue weighted by atomic mass is 32.1. The minimum Gasteiger partial charge on any atom is -0.379 e. The zero-order valence-electron chi connectivity index (χ0n) is 14.5. The van der Waals surface area contributed by atoms with Gasteiger partial charge in [-0.25, -0.2) is 0 Å². The van der Waals surface area contributed by atoms with Crippen molar-refractivity contribution in [3.8, 4) is 0 Å². The smallest absolute Gasteiger partial charge is 0.0594 e. The molecule has 0 aliphatic carbocycles. The third-order valence-electron chi connectivity index (χ3n) is 4.31. The van der Waals surface area contributed by atoms with Crippen LogP contribution in [0.1, 0.15) is 31.1 Å². The van der Waals surface area contributed by atoms with Gasteiger partial charge in [0, 0.05) is 37.0 Å². The van der Waals surface area contributed by atoms with Gasteiger partial charge in [0.1, 0.15) is 0 Å². The van der Waals surface area contributed by atoms with Gasteiger partial charge < -0.3 is 10.1 Å². The molecule has 1 aromatic rings. The second kappa shape index (κ2) is 10.8. The molecular formula is C19H30N2OS. The molecule has 3 nitrogen and oxygen atoms in total. The van der Waals surface area contributed by atoms with Crippen LogP contribution in [-0.4, -0.2) is 50.8 Å². The molecule has 1 fully saturated rings. The first-order valence-corrected chi connectivity index (χ1v) is 9.53. The van der Waals surface area contributed by atoms with E-state index in [4.69, 9.17) is 4.74 Å². The zero-order valence-corrected chi connectivity index (χ0v) is 15.3. The molecule has 0 aromatic carbocycles. The van der Waals surface area contributed by atoms with Gasteiger partial charge in [-0.1, -0.05) is 29.9 Å². The van der Waals surface area contributed by atoms with E-state index in [1.807, 2.05) is 11.3 Å². The van der Waals surface area contributed by atoms with Crippen LogP contribution in [0.5, 0.6) is 0 Å². The molecule has 4 heteroatoms. The second-order valence-electron chi connectivity index (χ2n) is 6.00. The number of thiophene rings is 1. The van der Waals surface area contributed by atoms with Gasteiger partial charge in [0.15, 0.2) is 0 Å². The van der Waals surface area contributed by atoms with Crippen LogP contribution >= 0.6 is 11.3 Å². The lowest BCUT2D eigenvalue weighted by molar-refractivity contribution is 0.0384. The molecule has 23 heavy (non-hydrogen) atoms. The predicted octanol–water partition coefficient (Wildman–Crippen LogP) is 3.67. The lowest BCUT2D eigenvalue weighted by Gasteiger charge is -2.26. The van der Waals surface area contributed by atoms with Gasteiger partial charge in [-0.05, 0) is 38.3 Å². The highest BCUT2D eigenvalue weighted by molar-refractivity contribution is 7.10. The van der Waals surface area contributed by atoms with Crippen LogP contribution in [-0.2, 0) is 4.74 Å². The van der Waals surface area contributed by atoms with Crippen molar-refractivity contribution < 1.29 is 4.74 Å². The molecule has 0 spiro atoms. The van der Waals surface area contributed by atoms with E-state index in [1.54, 1.807) is 0 Å². The topological polar surface area (TPSA) is 24.5 Å². The maximum Gasteiger partial charge on any atom is 0.0594 e. The molecule has 1 saturated heterocycles. The normalized spacial score (nSPS) is 18.6. The van der Waals surface area contributed by atoms with Gasteiger partial charge in [0.05, 0.1) is 13.2 Å². The number of hydrogen-bond donors (Lipinski definition) is 1. The summed E-state index contributed by atoms with van der Waals surface area (Å²) >= 11 is 1.86. The van der Waals surface area contributed by atoms with Gasteiger partial charge in [-0.2, -0.15) is 0 Å². The Labute approximate surface area is 145 Å². The summed E-state index contributed by atoms with van der Waals surface area (Å²) < 4.78 is 5.39. The van der Waals surface area contributed by atoms with Crippen molar-refractivity contribution >= 4 is 11.3 Å². The number of ether oxygens (including phenoxy) is 1. The van der Waals surface area contributed by atoms with Gasteiger partial charge in [0.2, 0.25) is 0 Å². The van der Waals surface area contributed by atoms with E-state index in [1.165, 1.54) is 10.5 Å². The molecule has 0 amide bonds. The lowest BCUT2D eigenvalue weighted by Crippen LogP contribution is -2.40. The maximum absolute atomic E-state index is 5.39. The molecule has 1 N–H and O–H groups in total. The quantitative estimate of drug-likeness (QED) is 0.551. The first kappa shape index (κ1) is 18.4. The monoisotopic (exact) mass is 334 g/mol. The van der Waals surface area contributed by atoms with Crippen LogP contribution in [0.2, 0.25) is 0 Å². The molecule has 0 bridgehead atoms. The first-order valence-electron chi connectivity index (χ1n) is 8.65. The van der Waals surface area contributed by atoms with Gasteiger partial charge in [-0.15, -0.1) is 11.3 Å². The Hall–Kier alpha value is -0.940. The molecule has 2 rings (SSSR count). The number of nitrogens with one attached hydrogen (secondary N) is 1. The number of hydrogen-bond acceptors (Lipinski definition) is 4. The van der Waals surface area contributed by atoms with E-state index in [2.05, 4.69) is 59.8 Å². The Balaban J connectivity index is 1.75. The summed E-state index contributed by atoms with van der Waals surface area (Å²) in [7, 11) is 0. The van der Waals surface area contributed by atoms with Gasteiger partial charge in [0.25, 0.3) is 0 Å². The Morgan fingerprint density at radius 1 is 1.39 bits per heavy atom. The summed E-state index contributed by atoms with van der Waals surface area (Å²) in [4.78, 5) is 3.95. The van der Waals surface area contributed by atoms with Crippen LogP contribution in [0.15, 0.2) is 41.3 Å². The van der Waals surface area contributed by atoms with Crippen molar-refractivity contribution in [1.82, 2.24) is 10.2 Å². The molecule has 1 aromatic heterocycles. The van der Waals surface area contributed by atoms with Crippen molar-refractivity contribution in [2.45, 2.75) is 26.2 Å². The van der Waals surface area contributed by atoms with E-state index in [-0.39, 0.29) is 0 Å². The third-order valence-corrected chi connectivity index (χ3v) is 5.29. The van der Waals surface area contributed by atoms with E-state index in [9.17, 15) is 0 Å². The average Bonchev–Trinajstić information content (AvgIpc) is 3.11. The van der Waals surface area contributed by atoms with Crippen molar-refractivity contribution in [3.63, 3.8) is 0 Å². The molecule has 128 valence electrons. The zero-order chi connectivity index (χ0) is 16.3. The Bertz CT molecular complexity index is 476. The molecule has 0 radical (unpaired) electrons. The SMILES string of the molecule is C/C=C\C=C(/C)C(CCNCCN1CCOCC1)c1cccs1. The Morgan fingerprint density at radius 3 is 2.91 bits per heavy atom. The molecule has 2 heterocycles. The molecule has 1 unspecified atom stereocenters. The summed E-state index contributed by atoms with van der Waals surface area (Å²) in [5, 5.41) is 5.79. The van der Waals surface area contributed by atoms with Crippen LogP contribution in [0.3, 0.4) is 0 Å². The van der Waals surface area contributed by atoms with Crippen molar-refractivity contribution in [2.75, 3.05) is 45.9 Å². The minimum atomic E-state index is 0.530. The van der Waals surface area contributed by atoms with Crippen LogP contribution in [0.4, 0.5) is 0 Å².